The summed E-state index contributed by atoms with van der Waals surface area (Å²) in [6.45, 7) is 4.24. The Hall–Kier alpha value is -2.36. The van der Waals surface area contributed by atoms with Crippen LogP contribution in [0.4, 0.5) is 0 Å². The molecule has 0 heterocycles. The van der Waals surface area contributed by atoms with Crippen molar-refractivity contribution in [2.24, 2.45) is 0 Å². The van der Waals surface area contributed by atoms with Crippen LogP contribution in [0.3, 0.4) is 0 Å². The lowest BCUT2D eigenvalue weighted by atomic mass is 10.0. The summed E-state index contributed by atoms with van der Waals surface area (Å²) in [7, 11) is 0. The highest BCUT2D eigenvalue weighted by Gasteiger charge is 2.11. The molecule has 0 aliphatic rings. The number of unbranched alkanes of at least 4 members (excludes halogenated alkanes) is 8. The number of ether oxygens (including phenoxy) is 1. The number of hydrogen-bond acceptors (Lipinski definition) is 3. The summed E-state index contributed by atoms with van der Waals surface area (Å²) >= 11 is 0. The minimum absolute atomic E-state index is 0.0484. The summed E-state index contributed by atoms with van der Waals surface area (Å²) in [5.41, 5.74) is 0. The number of allylic oxidation sites excluding steroid dienone is 10. The van der Waals surface area contributed by atoms with Crippen molar-refractivity contribution in [2.75, 3.05) is 0 Å². The molecule has 0 saturated carbocycles. The first kappa shape index (κ1) is 35.6. The molecule has 0 aromatic rings. The van der Waals surface area contributed by atoms with Gasteiger partial charge >= 0.3 is 11.9 Å². The molecule has 0 aromatic carbocycles. The van der Waals surface area contributed by atoms with Gasteiger partial charge in [0.1, 0.15) is 6.10 Å². The van der Waals surface area contributed by atoms with Crippen molar-refractivity contribution in [3.05, 3.63) is 60.8 Å². The zero-order chi connectivity index (χ0) is 27.9. The lowest BCUT2D eigenvalue weighted by Gasteiger charge is -2.16. The summed E-state index contributed by atoms with van der Waals surface area (Å²) < 4.78 is 5.68. The summed E-state index contributed by atoms with van der Waals surface area (Å²) in [5.74, 6) is -0.757. The topological polar surface area (TPSA) is 63.6 Å². The molecule has 0 aliphatic heterocycles. The number of esters is 1. The monoisotopic (exact) mass is 528 g/mol. The second kappa shape index (κ2) is 29.2. The number of carboxylic acids is 1. The predicted molar refractivity (Wildman–Crippen MR) is 162 cm³/mol. The maximum atomic E-state index is 12.2. The van der Waals surface area contributed by atoms with E-state index in [4.69, 9.17) is 9.84 Å². The molecule has 0 rings (SSSR count). The fourth-order valence-corrected chi connectivity index (χ4v) is 4.03. The smallest absolute Gasteiger partial charge is 0.306 e. The number of aliphatic carboxylic acids is 1. The Bertz CT molecular complexity index is 699. The minimum atomic E-state index is -0.693. The van der Waals surface area contributed by atoms with Gasteiger partial charge in [-0.2, -0.15) is 0 Å². The van der Waals surface area contributed by atoms with Crippen LogP contribution in [-0.4, -0.2) is 23.1 Å². The van der Waals surface area contributed by atoms with Crippen molar-refractivity contribution < 1.29 is 19.4 Å². The van der Waals surface area contributed by atoms with Crippen molar-refractivity contribution in [1.82, 2.24) is 0 Å². The van der Waals surface area contributed by atoms with Gasteiger partial charge in [-0.15, -0.1) is 0 Å². The molecule has 4 heteroatoms. The van der Waals surface area contributed by atoms with Gasteiger partial charge < -0.3 is 9.84 Å². The van der Waals surface area contributed by atoms with Crippen molar-refractivity contribution in [3.8, 4) is 0 Å². The fraction of sp³-hybridized carbons (Fsp3) is 0.647. The van der Waals surface area contributed by atoms with Crippen LogP contribution in [0.25, 0.3) is 0 Å². The summed E-state index contributed by atoms with van der Waals surface area (Å²) in [4.78, 5) is 22.7. The minimum Gasteiger partial charge on any atom is -0.481 e. The molecule has 0 amide bonds. The molecule has 0 saturated heterocycles. The molecule has 38 heavy (non-hydrogen) atoms. The Morgan fingerprint density at radius 2 is 1.08 bits per heavy atom. The highest BCUT2D eigenvalue weighted by Crippen LogP contribution is 2.15. The van der Waals surface area contributed by atoms with E-state index in [2.05, 4.69) is 74.6 Å². The first-order valence-corrected chi connectivity index (χ1v) is 15.3. The Balaban J connectivity index is 3.66. The van der Waals surface area contributed by atoms with Gasteiger partial charge in [0.05, 0.1) is 0 Å². The second-order valence-corrected chi connectivity index (χ2v) is 9.88. The number of rotatable bonds is 26. The van der Waals surface area contributed by atoms with E-state index in [1.165, 1.54) is 25.7 Å². The van der Waals surface area contributed by atoms with Crippen LogP contribution >= 0.6 is 0 Å². The van der Waals surface area contributed by atoms with Gasteiger partial charge in [-0.25, -0.2) is 0 Å². The van der Waals surface area contributed by atoms with Gasteiger partial charge in [-0.05, 0) is 70.6 Å². The SMILES string of the molecule is CC/C=C\C/C=C\C/C=C\C/C=C\C/C=C\CCCC(=O)OC(CC)CCCCCCCCCCC(=O)O. The molecule has 0 radical (unpaired) electrons. The summed E-state index contributed by atoms with van der Waals surface area (Å²) in [6, 6.07) is 0. The van der Waals surface area contributed by atoms with Crippen LogP contribution in [0.15, 0.2) is 60.8 Å². The van der Waals surface area contributed by atoms with E-state index in [1.807, 2.05) is 0 Å². The molecule has 0 fully saturated rings. The van der Waals surface area contributed by atoms with Gasteiger partial charge in [0, 0.05) is 12.8 Å². The lowest BCUT2D eigenvalue weighted by molar-refractivity contribution is -0.149. The van der Waals surface area contributed by atoms with E-state index in [-0.39, 0.29) is 12.1 Å². The third kappa shape index (κ3) is 28.2. The quantitative estimate of drug-likeness (QED) is 0.0689. The van der Waals surface area contributed by atoms with Crippen LogP contribution in [0.2, 0.25) is 0 Å². The van der Waals surface area contributed by atoms with Crippen molar-refractivity contribution in [2.45, 2.75) is 142 Å². The standard InChI is InChI=1S/C34H56O4/c1-3-5-6-7-8-9-10-11-12-13-14-15-16-17-22-25-28-31-34(37)38-32(4-2)29-26-23-20-18-19-21-24-27-30-33(35)36/h5-6,8-9,11-12,14-15,17,22,32H,3-4,7,10,13,16,18-21,23-31H2,1-2H3,(H,35,36)/b6-5-,9-8-,12-11-,15-14-,22-17-. The zero-order valence-electron chi connectivity index (χ0n) is 24.5. The Morgan fingerprint density at radius 3 is 1.58 bits per heavy atom. The Kier molecular flexibility index (Phi) is 27.4. The van der Waals surface area contributed by atoms with Crippen LogP contribution in [0, 0.1) is 0 Å². The third-order valence-electron chi connectivity index (χ3n) is 6.33. The average molecular weight is 529 g/mol. The fourth-order valence-electron chi connectivity index (χ4n) is 4.03. The molecule has 0 aliphatic carbocycles. The van der Waals surface area contributed by atoms with E-state index in [0.29, 0.717) is 12.8 Å². The second-order valence-electron chi connectivity index (χ2n) is 9.88. The molecule has 0 bridgehead atoms. The first-order chi connectivity index (χ1) is 18.6. The van der Waals surface area contributed by atoms with Crippen LogP contribution in [-0.2, 0) is 14.3 Å². The van der Waals surface area contributed by atoms with E-state index < -0.39 is 5.97 Å². The molecule has 4 nitrogen and oxygen atoms in total. The van der Waals surface area contributed by atoms with Gasteiger partial charge in [-0.1, -0.05) is 113 Å². The largest absolute Gasteiger partial charge is 0.481 e. The van der Waals surface area contributed by atoms with E-state index in [9.17, 15) is 9.59 Å². The predicted octanol–water partition coefficient (Wildman–Crippen LogP) is 10.2. The van der Waals surface area contributed by atoms with E-state index in [1.54, 1.807) is 0 Å². The van der Waals surface area contributed by atoms with Crippen molar-refractivity contribution in [3.63, 3.8) is 0 Å². The number of carboxylic acid groups (broad SMARTS) is 1. The molecule has 0 spiro atoms. The van der Waals surface area contributed by atoms with Gasteiger partial charge in [0.25, 0.3) is 0 Å². The van der Waals surface area contributed by atoms with E-state index >= 15 is 0 Å². The summed E-state index contributed by atoms with van der Waals surface area (Å²) in [6.07, 6.45) is 40.2. The van der Waals surface area contributed by atoms with Crippen molar-refractivity contribution >= 4 is 11.9 Å². The van der Waals surface area contributed by atoms with E-state index in [0.717, 1.165) is 83.5 Å². The number of hydrogen-bond donors (Lipinski definition) is 1. The highest BCUT2D eigenvalue weighted by molar-refractivity contribution is 5.69. The van der Waals surface area contributed by atoms with Gasteiger partial charge in [-0.3, -0.25) is 9.59 Å². The molecular formula is C34H56O4. The molecule has 0 aromatic heterocycles. The maximum Gasteiger partial charge on any atom is 0.306 e. The summed E-state index contributed by atoms with van der Waals surface area (Å²) in [5, 5.41) is 8.64. The molecular weight excluding hydrogens is 472 g/mol. The maximum absolute atomic E-state index is 12.2. The Morgan fingerprint density at radius 1 is 0.605 bits per heavy atom. The van der Waals surface area contributed by atoms with Crippen LogP contribution in [0.1, 0.15) is 136 Å². The van der Waals surface area contributed by atoms with Gasteiger partial charge in [0.2, 0.25) is 0 Å². The zero-order valence-corrected chi connectivity index (χ0v) is 24.5. The third-order valence-corrected chi connectivity index (χ3v) is 6.33. The van der Waals surface area contributed by atoms with Crippen LogP contribution in [0.5, 0.6) is 0 Å². The molecule has 1 N–H and O–H groups in total. The lowest BCUT2D eigenvalue weighted by Crippen LogP contribution is -2.17. The van der Waals surface area contributed by atoms with Crippen molar-refractivity contribution in [1.29, 1.82) is 0 Å². The molecule has 1 unspecified atom stereocenters. The molecule has 1 atom stereocenters. The highest BCUT2D eigenvalue weighted by atomic mass is 16.5. The van der Waals surface area contributed by atoms with Crippen LogP contribution < -0.4 is 0 Å². The Labute approximate surface area is 234 Å². The number of carbonyl (C=O) groups excluding carboxylic acids is 1. The normalized spacial score (nSPS) is 13.1. The molecule has 216 valence electrons. The first-order valence-electron chi connectivity index (χ1n) is 15.3. The number of carbonyl (C=O) groups is 2. The average Bonchev–Trinajstić information content (AvgIpc) is 2.90. The van der Waals surface area contributed by atoms with Gasteiger partial charge in [0.15, 0.2) is 0 Å².